The van der Waals surface area contributed by atoms with E-state index < -0.39 is 17.5 Å². The van der Waals surface area contributed by atoms with Crippen LogP contribution < -0.4 is 5.49 Å². The van der Waals surface area contributed by atoms with Gasteiger partial charge in [0.2, 0.25) is 0 Å². The van der Waals surface area contributed by atoms with Crippen LogP contribution in [0.25, 0.3) is 0 Å². The topological polar surface area (TPSA) is 34.4 Å². The van der Waals surface area contributed by atoms with E-state index >= 15 is 0 Å². The zero-order chi connectivity index (χ0) is 16.9. The highest BCUT2D eigenvalue weighted by molar-refractivity contribution is 5.95. The number of pyridine rings is 1. The SMILES string of the molecule is O=C(N=c1ccccn1Cc1ccccc1)c1ccc(F)cc1F. The predicted octanol–water partition coefficient (Wildman–Crippen LogP) is 3.56. The minimum atomic E-state index is -0.922. The maximum absolute atomic E-state index is 13.7. The summed E-state index contributed by atoms with van der Waals surface area (Å²) < 4.78 is 28.5. The van der Waals surface area contributed by atoms with Gasteiger partial charge in [0.1, 0.15) is 17.1 Å². The van der Waals surface area contributed by atoms with Crippen molar-refractivity contribution >= 4 is 5.91 Å². The Morgan fingerprint density at radius 2 is 1.71 bits per heavy atom. The molecule has 24 heavy (non-hydrogen) atoms. The number of carbonyl (C=O) groups is 1. The molecule has 0 aliphatic rings. The number of rotatable bonds is 3. The van der Waals surface area contributed by atoms with Crippen LogP contribution in [0.1, 0.15) is 15.9 Å². The maximum Gasteiger partial charge on any atom is 0.281 e. The molecule has 1 amide bonds. The van der Waals surface area contributed by atoms with E-state index in [4.69, 9.17) is 0 Å². The Morgan fingerprint density at radius 3 is 2.46 bits per heavy atom. The molecule has 0 fully saturated rings. The average molecular weight is 324 g/mol. The van der Waals surface area contributed by atoms with Crippen LogP contribution >= 0.6 is 0 Å². The molecule has 120 valence electrons. The first-order chi connectivity index (χ1) is 11.6. The molecule has 0 N–H and O–H groups in total. The minimum Gasteiger partial charge on any atom is -0.328 e. The Balaban J connectivity index is 1.97. The van der Waals surface area contributed by atoms with Crippen molar-refractivity contribution < 1.29 is 13.6 Å². The molecule has 3 aromatic rings. The van der Waals surface area contributed by atoms with Gasteiger partial charge in [-0.05, 0) is 29.8 Å². The van der Waals surface area contributed by atoms with E-state index in [1.165, 1.54) is 0 Å². The smallest absolute Gasteiger partial charge is 0.281 e. The van der Waals surface area contributed by atoms with Gasteiger partial charge in [-0.15, -0.1) is 0 Å². The lowest BCUT2D eigenvalue weighted by atomic mass is 10.2. The summed E-state index contributed by atoms with van der Waals surface area (Å²) >= 11 is 0. The summed E-state index contributed by atoms with van der Waals surface area (Å²) in [5.41, 5.74) is 1.19. The molecule has 0 unspecified atom stereocenters. The molecule has 0 aliphatic carbocycles. The number of carbonyl (C=O) groups excluding carboxylic acids is 1. The predicted molar refractivity (Wildman–Crippen MR) is 86.2 cm³/mol. The van der Waals surface area contributed by atoms with Gasteiger partial charge in [-0.3, -0.25) is 4.79 Å². The first-order valence-corrected chi connectivity index (χ1v) is 7.37. The zero-order valence-corrected chi connectivity index (χ0v) is 12.7. The first-order valence-electron chi connectivity index (χ1n) is 7.37. The molecular weight excluding hydrogens is 310 g/mol. The summed E-state index contributed by atoms with van der Waals surface area (Å²) in [4.78, 5) is 16.2. The fourth-order valence-electron chi connectivity index (χ4n) is 2.31. The van der Waals surface area contributed by atoms with Gasteiger partial charge in [-0.2, -0.15) is 4.99 Å². The molecule has 5 heteroatoms. The highest BCUT2D eigenvalue weighted by Gasteiger charge is 2.11. The quantitative estimate of drug-likeness (QED) is 0.725. The molecule has 0 spiro atoms. The average Bonchev–Trinajstić information content (AvgIpc) is 2.57. The van der Waals surface area contributed by atoms with Gasteiger partial charge in [0.05, 0.1) is 5.56 Å². The van der Waals surface area contributed by atoms with Crippen LogP contribution in [0.3, 0.4) is 0 Å². The van der Waals surface area contributed by atoms with Crippen molar-refractivity contribution in [3.63, 3.8) is 0 Å². The van der Waals surface area contributed by atoms with Crippen molar-refractivity contribution in [2.24, 2.45) is 4.99 Å². The standard InChI is InChI=1S/C19H14F2N2O/c20-15-9-10-16(17(21)12-15)19(24)22-18-8-4-5-11-23(18)13-14-6-2-1-3-7-14/h1-12H,13H2. The van der Waals surface area contributed by atoms with Crippen molar-refractivity contribution in [2.45, 2.75) is 6.54 Å². The van der Waals surface area contributed by atoms with Gasteiger partial charge in [0.15, 0.2) is 0 Å². The van der Waals surface area contributed by atoms with E-state index in [9.17, 15) is 13.6 Å². The fourth-order valence-corrected chi connectivity index (χ4v) is 2.31. The summed E-state index contributed by atoms with van der Waals surface area (Å²) in [7, 11) is 0. The molecule has 1 aromatic heterocycles. The molecule has 1 heterocycles. The molecule has 2 aromatic carbocycles. The third kappa shape index (κ3) is 3.63. The third-order valence-corrected chi connectivity index (χ3v) is 3.49. The summed E-state index contributed by atoms with van der Waals surface area (Å²) in [6.45, 7) is 0.527. The monoisotopic (exact) mass is 324 g/mol. The van der Waals surface area contributed by atoms with Crippen molar-refractivity contribution in [1.82, 2.24) is 4.57 Å². The van der Waals surface area contributed by atoms with Gasteiger partial charge < -0.3 is 4.57 Å². The number of benzene rings is 2. The van der Waals surface area contributed by atoms with Gasteiger partial charge in [-0.25, -0.2) is 8.78 Å². The second-order valence-corrected chi connectivity index (χ2v) is 5.21. The molecule has 0 radical (unpaired) electrons. The zero-order valence-electron chi connectivity index (χ0n) is 12.7. The van der Waals surface area contributed by atoms with Crippen LogP contribution in [-0.2, 0) is 6.54 Å². The number of hydrogen-bond donors (Lipinski definition) is 0. The van der Waals surface area contributed by atoms with E-state index in [-0.39, 0.29) is 5.56 Å². The van der Waals surface area contributed by atoms with Gasteiger partial charge >= 0.3 is 0 Å². The molecular formula is C19H14F2N2O. The Bertz CT molecular complexity index is 933. The fraction of sp³-hybridized carbons (Fsp3) is 0.0526. The molecule has 0 atom stereocenters. The Morgan fingerprint density at radius 1 is 0.958 bits per heavy atom. The van der Waals surface area contributed by atoms with Crippen LogP contribution in [0, 0.1) is 11.6 Å². The second-order valence-electron chi connectivity index (χ2n) is 5.21. The number of aromatic nitrogens is 1. The van der Waals surface area contributed by atoms with Crippen LogP contribution in [0.5, 0.6) is 0 Å². The Hall–Kier alpha value is -3.08. The van der Waals surface area contributed by atoms with Crippen LogP contribution in [0.4, 0.5) is 8.78 Å². The lowest BCUT2D eigenvalue weighted by Crippen LogP contribution is -2.22. The number of nitrogens with zero attached hydrogens (tertiary/aromatic N) is 2. The summed E-state index contributed by atoms with van der Waals surface area (Å²) in [6, 6.07) is 17.7. The van der Waals surface area contributed by atoms with Crippen molar-refractivity contribution in [3.05, 3.63) is 101 Å². The third-order valence-electron chi connectivity index (χ3n) is 3.49. The molecule has 3 rings (SSSR count). The summed E-state index contributed by atoms with van der Waals surface area (Å²) in [5.74, 6) is -2.40. The van der Waals surface area contributed by atoms with Crippen LogP contribution in [0.15, 0.2) is 77.9 Å². The number of amides is 1. The minimum absolute atomic E-state index is 0.258. The largest absolute Gasteiger partial charge is 0.328 e. The second kappa shape index (κ2) is 7.00. The van der Waals surface area contributed by atoms with Crippen molar-refractivity contribution in [1.29, 1.82) is 0 Å². The van der Waals surface area contributed by atoms with Gasteiger partial charge in [0.25, 0.3) is 5.91 Å². The van der Waals surface area contributed by atoms with Crippen LogP contribution in [-0.4, -0.2) is 10.5 Å². The first kappa shape index (κ1) is 15.8. The van der Waals surface area contributed by atoms with E-state index in [2.05, 4.69) is 4.99 Å². The normalized spacial score (nSPS) is 11.5. The molecule has 0 saturated heterocycles. The van der Waals surface area contributed by atoms with Gasteiger partial charge in [0, 0.05) is 18.8 Å². The molecule has 0 aliphatic heterocycles. The lowest BCUT2D eigenvalue weighted by molar-refractivity contribution is 0.0993. The van der Waals surface area contributed by atoms with E-state index in [1.54, 1.807) is 22.9 Å². The highest BCUT2D eigenvalue weighted by atomic mass is 19.1. The van der Waals surface area contributed by atoms with E-state index in [1.807, 2.05) is 36.4 Å². The molecule has 0 saturated carbocycles. The van der Waals surface area contributed by atoms with E-state index in [0.29, 0.717) is 18.1 Å². The van der Waals surface area contributed by atoms with Crippen LogP contribution in [0.2, 0.25) is 0 Å². The summed E-state index contributed by atoms with van der Waals surface area (Å²) in [6.07, 6.45) is 1.79. The number of halogens is 2. The van der Waals surface area contributed by atoms with Crippen molar-refractivity contribution in [3.8, 4) is 0 Å². The molecule has 0 bridgehead atoms. The Kier molecular flexibility index (Phi) is 4.61. The Labute approximate surface area is 137 Å². The molecule has 3 nitrogen and oxygen atoms in total. The lowest BCUT2D eigenvalue weighted by Gasteiger charge is -2.07. The summed E-state index contributed by atoms with van der Waals surface area (Å²) in [5, 5.41) is 0. The number of hydrogen-bond acceptors (Lipinski definition) is 1. The maximum atomic E-state index is 13.7. The van der Waals surface area contributed by atoms with Crippen molar-refractivity contribution in [2.75, 3.05) is 0 Å². The highest BCUT2D eigenvalue weighted by Crippen LogP contribution is 2.10. The van der Waals surface area contributed by atoms with Gasteiger partial charge in [-0.1, -0.05) is 36.4 Å². The van der Waals surface area contributed by atoms with E-state index in [0.717, 1.165) is 17.7 Å².